The largest absolute Gasteiger partial charge is 0.460 e. The zero-order chi connectivity index (χ0) is 18.4. The van der Waals surface area contributed by atoms with Crippen molar-refractivity contribution >= 4 is 12.2 Å². The van der Waals surface area contributed by atoms with Crippen LogP contribution in [-0.4, -0.2) is 66.8 Å². The minimum Gasteiger partial charge on any atom is -0.460 e. The maximum atomic E-state index is 10.5. The molecule has 0 amide bonds. The molecular formula is C15H21NO8. The Morgan fingerprint density at radius 2 is 2.04 bits per heavy atom. The summed E-state index contributed by atoms with van der Waals surface area (Å²) >= 11 is 0. The maximum Gasteiger partial charge on any atom is 0.295 e. The third-order valence-electron chi connectivity index (χ3n) is 3.54. The van der Waals surface area contributed by atoms with Crippen LogP contribution in [-0.2, 0) is 25.6 Å². The number of nitrogens with one attached hydrogen (secondary N) is 1. The molecule has 0 bridgehead atoms. The lowest BCUT2D eigenvalue weighted by Crippen LogP contribution is -2.59. The number of carbonyl (C=O) groups excluding carboxylic acids is 1. The highest BCUT2D eigenvalue weighted by atomic mass is 16.8. The van der Waals surface area contributed by atoms with Crippen molar-refractivity contribution in [3.8, 4) is 5.75 Å². The van der Waals surface area contributed by atoms with E-state index in [-0.39, 0.29) is 20.2 Å². The summed E-state index contributed by atoms with van der Waals surface area (Å²) in [5, 5.41) is 32.5. The van der Waals surface area contributed by atoms with Crippen molar-refractivity contribution in [3.63, 3.8) is 0 Å². The molecule has 5 atom stereocenters. The van der Waals surface area contributed by atoms with Crippen molar-refractivity contribution in [1.82, 2.24) is 0 Å². The van der Waals surface area contributed by atoms with Crippen LogP contribution < -0.4 is 10.1 Å². The normalized spacial score (nSPS) is 30.3. The molecule has 1 aromatic carbocycles. The first-order chi connectivity index (χ1) is 12.0. The smallest absolute Gasteiger partial charge is 0.295 e. The van der Waals surface area contributed by atoms with Crippen molar-refractivity contribution in [2.75, 3.05) is 19.5 Å². The Morgan fingerprint density at radius 1 is 1.29 bits per heavy atom. The molecule has 0 spiro atoms. The van der Waals surface area contributed by atoms with Crippen LogP contribution in [0.5, 0.6) is 5.75 Å². The predicted molar refractivity (Wildman–Crippen MR) is 81.2 cm³/mol. The molecule has 1 aliphatic heterocycles. The first-order valence-corrected chi connectivity index (χ1v) is 7.15. The molecule has 0 saturated carbocycles. The SMILES string of the molecule is [2H]COCc1ccc(OC2OC(OC=O)C(O)C(O)C2O)c(NC)c1. The van der Waals surface area contributed by atoms with Crippen LogP contribution in [0.4, 0.5) is 5.69 Å². The van der Waals surface area contributed by atoms with Gasteiger partial charge in [-0.15, -0.1) is 0 Å². The summed E-state index contributed by atoms with van der Waals surface area (Å²) in [5.41, 5.74) is 1.35. The van der Waals surface area contributed by atoms with Crippen LogP contribution in [0.25, 0.3) is 0 Å². The van der Waals surface area contributed by atoms with E-state index in [0.717, 1.165) is 5.56 Å². The van der Waals surface area contributed by atoms with Gasteiger partial charge >= 0.3 is 0 Å². The number of benzene rings is 1. The van der Waals surface area contributed by atoms with Crippen LogP contribution in [0.15, 0.2) is 18.2 Å². The van der Waals surface area contributed by atoms with Gasteiger partial charge in [0.25, 0.3) is 6.47 Å². The van der Waals surface area contributed by atoms with Crippen LogP contribution in [0.2, 0.25) is 0 Å². The van der Waals surface area contributed by atoms with Crippen molar-refractivity contribution < 1.29 is 40.4 Å². The minimum absolute atomic E-state index is 0.0650. The molecular weight excluding hydrogens is 322 g/mol. The van der Waals surface area contributed by atoms with Crippen LogP contribution in [0, 0.1) is 0 Å². The summed E-state index contributed by atoms with van der Waals surface area (Å²) in [7, 11) is 1.50. The molecule has 5 unspecified atom stereocenters. The van der Waals surface area contributed by atoms with Crippen LogP contribution in [0.1, 0.15) is 6.93 Å². The number of aliphatic hydroxyl groups excluding tert-OH is 3. The summed E-state index contributed by atoms with van der Waals surface area (Å²) in [6.07, 6.45) is -7.62. The van der Waals surface area contributed by atoms with Gasteiger partial charge in [0.1, 0.15) is 24.1 Å². The Hall–Kier alpha value is -1.91. The second kappa shape index (κ2) is 8.27. The highest BCUT2D eigenvalue weighted by Crippen LogP contribution is 2.30. The van der Waals surface area contributed by atoms with Gasteiger partial charge in [0.05, 0.1) is 13.7 Å². The summed E-state index contributed by atoms with van der Waals surface area (Å²) < 4.78 is 27.3. The molecule has 24 heavy (non-hydrogen) atoms. The monoisotopic (exact) mass is 344 g/mol. The lowest BCUT2D eigenvalue weighted by atomic mass is 10.0. The topological polar surface area (TPSA) is 127 Å². The fraction of sp³-hybridized carbons (Fsp3) is 0.533. The summed E-state index contributed by atoms with van der Waals surface area (Å²) in [4.78, 5) is 10.5. The van der Waals surface area contributed by atoms with Gasteiger partial charge in [-0.3, -0.25) is 9.53 Å². The fourth-order valence-corrected chi connectivity index (χ4v) is 2.29. The molecule has 0 aromatic heterocycles. The van der Waals surface area contributed by atoms with Crippen LogP contribution in [0.3, 0.4) is 0 Å². The number of hydrogen-bond donors (Lipinski definition) is 4. The van der Waals surface area contributed by atoms with Crippen molar-refractivity contribution in [3.05, 3.63) is 23.8 Å². The summed E-state index contributed by atoms with van der Waals surface area (Å²) in [6.45, 7) is 0.316. The summed E-state index contributed by atoms with van der Waals surface area (Å²) in [6, 6.07) is 5.02. The molecule has 1 aliphatic rings. The Balaban J connectivity index is 2.15. The first-order valence-electron chi connectivity index (χ1n) is 7.85. The van der Waals surface area contributed by atoms with Gasteiger partial charge in [0.15, 0.2) is 0 Å². The molecule has 9 heteroatoms. The average Bonchev–Trinajstić information content (AvgIpc) is 2.62. The molecule has 1 saturated heterocycles. The zero-order valence-electron chi connectivity index (χ0n) is 14.0. The molecule has 1 fully saturated rings. The molecule has 2 rings (SSSR count). The number of rotatable bonds is 7. The molecule has 9 nitrogen and oxygen atoms in total. The molecule has 0 radical (unpaired) electrons. The molecule has 1 heterocycles. The maximum absolute atomic E-state index is 10.5. The van der Waals surface area contributed by atoms with Crippen LogP contribution >= 0.6 is 0 Å². The fourth-order valence-electron chi connectivity index (χ4n) is 2.29. The molecule has 4 N–H and O–H groups in total. The van der Waals surface area contributed by atoms with Gasteiger partial charge in [0, 0.05) is 14.1 Å². The van der Waals surface area contributed by atoms with E-state index in [9.17, 15) is 20.1 Å². The molecule has 134 valence electrons. The second-order valence-corrected chi connectivity index (χ2v) is 5.12. The van der Waals surface area contributed by atoms with Crippen molar-refractivity contribution in [2.24, 2.45) is 0 Å². The van der Waals surface area contributed by atoms with E-state index in [1.54, 1.807) is 25.2 Å². The second-order valence-electron chi connectivity index (χ2n) is 5.12. The van der Waals surface area contributed by atoms with E-state index in [4.69, 9.17) is 15.6 Å². The van der Waals surface area contributed by atoms with Crippen molar-refractivity contribution in [1.29, 1.82) is 0 Å². The standard InChI is InChI=1S/C15H21NO8/c1-16-9-5-8(6-21-2)3-4-10(9)23-15-13(20)11(18)12(19)14(24-15)22-7-17/h3-5,7,11-16,18-20H,6H2,1-2H3/i2D. The van der Waals surface area contributed by atoms with E-state index in [0.29, 0.717) is 11.4 Å². The minimum atomic E-state index is -1.62. The van der Waals surface area contributed by atoms with E-state index in [2.05, 4.69) is 10.1 Å². The van der Waals surface area contributed by atoms with E-state index >= 15 is 0 Å². The Bertz CT molecular complexity index is 574. The number of ether oxygens (including phenoxy) is 4. The van der Waals surface area contributed by atoms with Crippen molar-refractivity contribution in [2.45, 2.75) is 37.5 Å². The number of aliphatic hydroxyl groups is 3. The Kier molecular flexibility index (Phi) is 5.83. The van der Waals surface area contributed by atoms with E-state index in [1.165, 1.54) is 0 Å². The number of anilines is 1. The highest BCUT2D eigenvalue weighted by molar-refractivity contribution is 5.57. The van der Waals surface area contributed by atoms with Gasteiger partial charge in [-0.2, -0.15) is 0 Å². The Labute approximate surface area is 140 Å². The van der Waals surface area contributed by atoms with Gasteiger partial charge in [-0.25, -0.2) is 0 Å². The summed E-state index contributed by atoms with van der Waals surface area (Å²) in [5.74, 6) is 0.301. The highest BCUT2D eigenvalue weighted by Gasteiger charge is 2.46. The molecule has 1 aromatic rings. The zero-order valence-corrected chi connectivity index (χ0v) is 13.0. The number of methoxy groups -OCH3 is 1. The lowest BCUT2D eigenvalue weighted by Gasteiger charge is -2.39. The van der Waals surface area contributed by atoms with E-state index < -0.39 is 30.9 Å². The Morgan fingerprint density at radius 3 is 2.71 bits per heavy atom. The average molecular weight is 344 g/mol. The molecule has 0 aliphatic carbocycles. The lowest BCUT2D eigenvalue weighted by molar-refractivity contribution is -0.321. The van der Waals surface area contributed by atoms with Gasteiger partial charge < -0.3 is 34.8 Å². The van der Waals surface area contributed by atoms with Gasteiger partial charge in [-0.1, -0.05) is 6.07 Å². The first kappa shape index (κ1) is 16.9. The quantitative estimate of drug-likeness (QED) is 0.470. The van der Waals surface area contributed by atoms with Gasteiger partial charge in [0.2, 0.25) is 12.6 Å². The van der Waals surface area contributed by atoms with E-state index in [1.807, 2.05) is 0 Å². The third kappa shape index (κ3) is 3.94. The number of carbonyl (C=O) groups is 1. The number of hydrogen-bond acceptors (Lipinski definition) is 9. The third-order valence-corrected chi connectivity index (χ3v) is 3.54. The predicted octanol–water partition coefficient (Wildman–Crippen LogP) is -0.808. The van der Waals surface area contributed by atoms with Gasteiger partial charge in [-0.05, 0) is 17.7 Å².